The number of rotatable bonds is 18. The molecule has 0 radical (unpaired) electrons. The number of anilines is 1. The molecule has 4 aromatic carbocycles. The van der Waals surface area contributed by atoms with Gasteiger partial charge in [0.05, 0.1) is 49.9 Å². The number of carbonyl (C=O) groups is 2. The zero-order valence-corrected chi connectivity index (χ0v) is 34.3. The number of benzene rings is 4. The van der Waals surface area contributed by atoms with Crippen LogP contribution in [-0.2, 0) is 0 Å². The Bertz CT molecular complexity index is 2030. The van der Waals surface area contributed by atoms with Gasteiger partial charge in [0.2, 0.25) is 0 Å². The summed E-state index contributed by atoms with van der Waals surface area (Å²) in [6.07, 6.45) is 7.93. The molecule has 0 spiro atoms. The van der Waals surface area contributed by atoms with Gasteiger partial charge in [-0.05, 0) is 55.7 Å². The van der Waals surface area contributed by atoms with Crippen LogP contribution >= 0.6 is 0 Å². The van der Waals surface area contributed by atoms with Crippen molar-refractivity contribution in [3.05, 3.63) is 107 Å². The van der Waals surface area contributed by atoms with E-state index in [0.717, 1.165) is 56.8 Å². The number of aliphatic imine (C=N–C) groups is 1. The molecule has 0 aromatic heterocycles. The molecule has 2 fully saturated rings. The van der Waals surface area contributed by atoms with Crippen LogP contribution in [0.4, 0.5) is 11.4 Å². The minimum Gasteiger partial charge on any atom is -0.493 e. The molecule has 0 bridgehead atoms. The van der Waals surface area contributed by atoms with Gasteiger partial charge in [-0.1, -0.05) is 93.0 Å². The molecule has 7 rings (SSSR count). The second kappa shape index (κ2) is 19.3. The predicted octanol–water partition coefficient (Wildman–Crippen LogP) is 9.23. The molecule has 58 heavy (non-hydrogen) atoms. The molecule has 2 amide bonds. The minimum atomic E-state index is -0.0675. The molecule has 0 aliphatic carbocycles. The Kier molecular flexibility index (Phi) is 13.6. The van der Waals surface area contributed by atoms with Gasteiger partial charge in [-0.25, -0.2) is 0 Å². The van der Waals surface area contributed by atoms with Crippen LogP contribution < -0.4 is 24.3 Å². The summed E-state index contributed by atoms with van der Waals surface area (Å²) >= 11 is 0. The number of amides is 2. The lowest BCUT2D eigenvalue weighted by molar-refractivity contribution is 0.0747. The topological polar surface area (TPSA) is 102 Å². The van der Waals surface area contributed by atoms with Gasteiger partial charge in [-0.15, -0.1) is 0 Å². The largest absolute Gasteiger partial charge is 0.493 e. The van der Waals surface area contributed by atoms with Crippen molar-refractivity contribution in [2.75, 3.05) is 58.9 Å². The molecular formula is C47H57BN4O6. The Hall–Kier alpha value is -5.45. The lowest BCUT2D eigenvalue weighted by Crippen LogP contribution is -2.37. The first kappa shape index (κ1) is 40.7. The molecule has 3 heterocycles. The van der Waals surface area contributed by atoms with Crippen LogP contribution in [0.3, 0.4) is 0 Å². The third-order valence-electron chi connectivity index (χ3n) is 12.2. The average molecular weight is 785 g/mol. The SMILES string of the molecule is C=Nc1cc(OCCCB(CCC)CCCOc2cc3c(cc2OC)C(=O)N2CC(c4ccccc4)C[C@H]2CN3)c(OC)cc1C(=O)N1CCC(c2ccccc2)C1. The molecule has 10 nitrogen and oxygen atoms in total. The highest BCUT2D eigenvalue weighted by Gasteiger charge is 2.39. The van der Waals surface area contributed by atoms with Gasteiger partial charge in [-0.2, -0.15) is 0 Å². The molecule has 3 aliphatic heterocycles. The number of nitrogens with zero attached hydrogens (tertiary/aromatic N) is 3. The van der Waals surface area contributed by atoms with Crippen molar-refractivity contribution in [3.63, 3.8) is 0 Å². The van der Waals surface area contributed by atoms with Crippen LogP contribution in [0, 0.1) is 0 Å². The Morgan fingerprint density at radius 3 is 2.10 bits per heavy atom. The third kappa shape index (κ3) is 9.30. The van der Waals surface area contributed by atoms with Crippen LogP contribution in [0.1, 0.15) is 82.7 Å². The van der Waals surface area contributed by atoms with E-state index in [4.69, 9.17) is 18.9 Å². The van der Waals surface area contributed by atoms with E-state index < -0.39 is 0 Å². The standard InChI is InChI=1S/C47H57BN4O6/c1-5-19-48(20-12-23-57-44-28-40(49-2)38(26-42(44)55-3)46(53)51-22-18-35(31-51)33-14-8-6-9-15-33)21-13-24-58-45-29-41-39(27-43(45)56-4)47(54)52-32-36(25-37(52)30-50-41)34-16-10-7-11-17-34/h6-11,14-17,26-29,35-37,50H,2,5,12-13,18-25,30-32H2,1,3-4H3/t35?,36?,37-/m0/s1. The summed E-state index contributed by atoms with van der Waals surface area (Å²) < 4.78 is 24.0. The summed E-state index contributed by atoms with van der Waals surface area (Å²) in [7, 11) is 3.22. The summed E-state index contributed by atoms with van der Waals surface area (Å²) in [5, 5.41) is 3.55. The number of fused-ring (bicyclic) bond motifs is 2. The summed E-state index contributed by atoms with van der Waals surface area (Å²) in [5.74, 6) is 2.93. The zero-order chi connectivity index (χ0) is 40.4. The Morgan fingerprint density at radius 1 is 0.828 bits per heavy atom. The maximum atomic E-state index is 13.8. The second-order valence-corrected chi connectivity index (χ2v) is 15.8. The van der Waals surface area contributed by atoms with Crippen molar-refractivity contribution in [2.24, 2.45) is 4.99 Å². The van der Waals surface area contributed by atoms with Gasteiger partial charge in [0.25, 0.3) is 11.8 Å². The number of carbonyl (C=O) groups excluding carboxylic acids is 2. The number of hydrogen-bond acceptors (Lipinski definition) is 8. The fraction of sp³-hybridized carbons (Fsp3) is 0.426. The minimum absolute atomic E-state index is 0.0398. The highest BCUT2D eigenvalue weighted by atomic mass is 16.5. The first-order valence-electron chi connectivity index (χ1n) is 21.0. The third-order valence-corrected chi connectivity index (χ3v) is 12.2. The molecular weight excluding hydrogens is 727 g/mol. The Balaban J connectivity index is 0.891. The highest BCUT2D eigenvalue weighted by Crippen LogP contribution is 2.41. The van der Waals surface area contributed by atoms with E-state index in [2.05, 4.69) is 60.3 Å². The van der Waals surface area contributed by atoms with Crippen molar-refractivity contribution in [2.45, 2.75) is 75.9 Å². The van der Waals surface area contributed by atoms with Gasteiger partial charge < -0.3 is 34.1 Å². The van der Waals surface area contributed by atoms with Gasteiger partial charge in [0.15, 0.2) is 23.0 Å². The molecule has 1 N–H and O–H groups in total. The van der Waals surface area contributed by atoms with Gasteiger partial charge in [0, 0.05) is 56.2 Å². The van der Waals surface area contributed by atoms with Crippen molar-refractivity contribution < 1.29 is 28.5 Å². The van der Waals surface area contributed by atoms with Crippen molar-refractivity contribution >= 4 is 36.6 Å². The first-order chi connectivity index (χ1) is 28.4. The van der Waals surface area contributed by atoms with Crippen LogP contribution in [0.5, 0.6) is 23.0 Å². The van der Waals surface area contributed by atoms with E-state index >= 15 is 0 Å². The Labute approximate surface area is 344 Å². The Morgan fingerprint density at radius 2 is 1.47 bits per heavy atom. The maximum Gasteiger partial charge on any atom is 0.256 e. The van der Waals surface area contributed by atoms with Crippen molar-refractivity contribution in [1.82, 2.24) is 9.80 Å². The second-order valence-electron chi connectivity index (χ2n) is 15.8. The monoisotopic (exact) mass is 784 g/mol. The molecule has 3 atom stereocenters. The van der Waals surface area contributed by atoms with Gasteiger partial charge >= 0.3 is 0 Å². The smallest absolute Gasteiger partial charge is 0.256 e. The fourth-order valence-corrected chi connectivity index (χ4v) is 9.05. The zero-order valence-electron chi connectivity index (χ0n) is 34.3. The molecule has 4 aromatic rings. The van der Waals surface area contributed by atoms with Crippen LogP contribution in [-0.4, -0.2) is 94.7 Å². The number of methoxy groups -OCH3 is 2. The molecule has 3 aliphatic rings. The van der Waals surface area contributed by atoms with Gasteiger partial charge in [0.1, 0.15) is 6.71 Å². The van der Waals surface area contributed by atoms with Crippen LogP contribution in [0.2, 0.25) is 19.0 Å². The number of ether oxygens (including phenoxy) is 4. The van der Waals surface area contributed by atoms with Crippen molar-refractivity contribution in [3.8, 4) is 23.0 Å². The molecule has 0 saturated carbocycles. The van der Waals surface area contributed by atoms with Crippen molar-refractivity contribution in [1.29, 1.82) is 0 Å². The maximum absolute atomic E-state index is 13.8. The van der Waals surface area contributed by atoms with Gasteiger partial charge in [-0.3, -0.25) is 14.6 Å². The van der Waals surface area contributed by atoms with E-state index in [9.17, 15) is 9.59 Å². The number of nitrogens with one attached hydrogen (secondary N) is 1. The fourth-order valence-electron chi connectivity index (χ4n) is 9.05. The van der Waals surface area contributed by atoms with E-state index in [-0.39, 0.29) is 17.9 Å². The summed E-state index contributed by atoms with van der Waals surface area (Å²) in [6.45, 7) is 10.4. The normalized spacial score (nSPS) is 18.5. The lowest BCUT2D eigenvalue weighted by atomic mass is 9.41. The summed E-state index contributed by atoms with van der Waals surface area (Å²) in [6, 6.07) is 28.3. The van der Waals surface area contributed by atoms with Crippen LogP contribution in [0.15, 0.2) is 89.9 Å². The molecule has 304 valence electrons. The summed E-state index contributed by atoms with van der Waals surface area (Å²) in [4.78, 5) is 35.6. The quantitative estimate of drug-likeness (QED) is 0.0610. The molecule has 11 heteroatoms. The van der Waals surface area contributed by atoms with E-state index in [1.807, 2.05) is 46.2 Å². The number of likely N-dealkylation sites (tertiary alicyclic amines) is 1. The van der Waals surface area contributed by atoms with Crippen LogP contribution in [0.25, 0.3) is 0 Å². The lowest BCUT2D eigenvalue weighted by Gasteiger charge is -2.21. The van der Waals surface area contributed by atoms with E-state index in [1.54, 1.807) is 26.4 Å². The average Bonchev–Trinajstić information content (AvgIpc) is 3.92. The predicted molar refractivity (Wildman–Crippen MR) is 233 cm³/mol. The van der Waals surface area contributed by atoms with E-state index in [0.29, 0.717) is 97.8 Å². The molecule has 2 saturated heterocycles. The molecule has 2 unspecified atom stereocenters. The summed E-state index contributed by atoms with van der Waals surface area (Å²) in [5.41, 5.74) is 4.94. The highest BCUT2D eigenvalue weighted by molar-refractivity contribution is 6.58. The number of hydrogen-bond donors (Lipinski definition) is 1. The first-order valence-corrected chi connectivity index (χ1v) is 21.0. The van der Waals surface area contributed by atoms with E-state index in [1.165, 1.54) is 11.1 Å².